The molecule has 0 fully saturated rings. The molecular formula is C36H48N4O8S. The van der Waals surface area contributed by atoms with E-state index in [0.29, 0.717) is 35.9 Å². The smallest absolute Gasteiger partial charge is 0.323 e. The number of methoxy groups -OCH3 is 1. The number of hydrogen-bond acceptors (Lipinski definition) is 8. The fraction of sp³-hybridized carbons (Fsp3) is 0.444. The van der Waals surface area contributed by atoms with E-state index in [-0.39, 0.29) is 42.2 Å². The zero-order valence-electron chi connectivity index (χ0n) is 28.8. The summed E-state index contributed by atoms with van der Waals surface area (Å²) >= 11 is 0. The molecule has 1 aliphatic heterocycles. The Hall–Kier alpha value is -4.17. The number of fused-ring (bicyclic) bond motifs is 1. The molecule has 266 valence electrons. The molecule has 12 nitrogen and oxygen atoms in total. The van der Waals surface area contributed by atoms with Gasteiger partial charge in [0.25, 0.3) is 5.91 Å². The van der Waals surface area contributed by atoms with E-state index in [4.69, 9.17) is 14.2 Å². The van der Waals surface area contributed by atoms with E-state index in [1.165, 1.54) is 11.4 Å². The Balaban J connectivity index is 1.61. The first-order chi connectivity index (χ1) is 23.4. The van der Waals surface area contributed by atoms with Crippen LogP contribution in [0, 0.1) is 5.92 Å². The molecule has 0 saturated carbocycles. The van der Waals surface area contributed by atoms with E-state index >= 15 is 0 Å². The van der Waals surface area contributed by atoms with Crippen LogP contribution in [0.15, 0.2) is 77.7 Å². The van der Waals surface area contributed by atoms with E-state index in [1.807, 2.05) is 13.8 Å². The molecule has 49 heavy (non-hydrogen) atoms. The van der Waals surface area contributed by atoms with Gasteiger partial charge in [0.2, 0.25) is 10.0 Å². The third kappa shape index (κ3) is 10.2. The molecule has 4 rings (SSSR count). The summed E-state index contributed by atoms with van der Waals surface area (Å²) < 4.78 is 45.8. The zero-order valence-corrected chi connectivity index (χ0v) is 29.6. The number of carbonyl (C=O) groups excluding carboxylic acids is 2. The van der Waals surface area contributed by atoms with Crippen LogP contribution in [-0.4, -0.2) is 93.4 Å². The number of nitrogens with zero attached hydrogens (tertiary/aromatic N) is 2. The number of benzene rings is 3. The second-order valence-electron chi connectivity index (χ2n) is 12.4. The number of hydrogen-bond donors (Lipinski definition) is 3. The summed E-state index contributed by atoms with van der Waals surface area (Å²) in [7, 11) is -0.697. The first-order valence-corrected chi connectivity index (χ1v) is 17.9. The van der Waals surface area contributed by atoms with Crippen LogP contribution in [0.1, 0.15) is 50.4 Å². The van der Waals surface area contributed by atoms with Gasteiger partial charge < -0.3 is 34.9 Å². The molecule has 0 radical (unpaired) electrons. The quantitative estimate of drug-likeness (QED) is 0.268. The summed E-state index contributed by atoms with van der Waals surface area (Å²) in [5, 5.41) is 15.8. The summed E-state index contributed by atoms with van der Waals surface area (Å²) in [6, 6.07) is 18.9. The molecule has 13 heteroatoms. The normalized spacial score (nSPS) is 20.0. The number of carbonyl (C=O) groups is 2. The molecule has 0 spiro atoms. The van der Waals surface area contributed by atoms with Crippen molar-refractivity contribution >= 4 is 33.3 Å². The van der Waals surface area contributed by atoms with Crippen molar-refractivity contribution in [3.8, 4) is 11.5 Å². The van der Waals surface area contributed by atoms with Crippen LogP contribution in [0.2, 0.25) is 0 Å². The average molecular weight is 697 g/mol. The third-order valence-corrected chi connectivity index (χ3v) is 10.4. The van der Waals surface area contributed by atoms with Gasteiger partial charge in [0.05, 0.1) is 42.4 Å². The van der Waals surface area contributed by atoms with Crippen molar-refractivity contribution in [1.82, 2.24) is 9.21 Å². The Morgan fingerprint density at radius 1 is 1.04 bits per heavy atom. The number of urea groups is 1. The minimum Gasteiger partial charge on any atom is -0.497 e. The summed E-state index contributed by atoms with van der Waals surface area (Å²) in [5.74, 6) is 0.285. The molecule has 0 unspecified atom stereocenters. The van der Waals surface area contributed by atoms with E-state index in [0.717, 1.165) is 12.8 Å². The van der Waals surface area contributed by atoms with Crippen LogP contribution in [0.4, 0.5) is 16.2 Å². The van der Waals surface area contributed by atoms with Crippen LogP contribution in [0.5, 0.6) is 11.5 Å². The molecular weight excluding hydrogens is 648 g/mol. The molecule has 4 atom stereocenters. The highest BCUT2D eigenvalue weighted by atomic mass is 32.2. The SMILES string of the molecule is COc1ccc(NC(=O)Nc2ccc3c(c2)C(=O)N([C@H](C)CO)C[C@H](C)[C@@H](CN(C)S(=O)(=O)c2ccccc2)OCCCC[C@H](C)O3)cc1. The van der Waals surface area contributed by atoms with Gasteiger partial charge in [0.15, 0.2) is 0 Å². The first-order valence-electron chi connectivity index (χ1n) is 16.5. The second-order valence-corrected chi connectivity index (χ2v) is 14.5. The molecule has 0 saturated heterocycles. The molecule has 3 aromatic carbocycles. The Bertz CT molecular complexity index is 1640. The van der Waals surface area contributed by atoms with Crippen molar-refractivity contribution in [1.29, 1.82) is 0 Å². The molecule has 1 aliphatic rings. The topological polar surface area (TPSA) is 147 Å². The molecule has 3 aromatic rings. The van der Waals surface area contributed by atoms with E-state index < -0.39 is 34.1 Å². The summed E-state index contributed by atoms with van der Waals surface area (Å²) in [6.45, 7) is 5.91. The lowest BCUT2D eigenvalue weighted by atomic mass is 10.0. The average Bonchev–Trinajstić information content (AvgIpc) is 3.10. The largest absolute Gasteiger partial charge is 0.497 e. The Labute approximate surface area is 289 Å². The summed E-state index contributed by atoms with van der Waals surface area (Å²) in [4.78, 5) is 29.0. The van der Waals surface area contributed by atoms with Crippen molar-refractivity contribution in [3.05, 3.63) is 78.4 Å². The van der Waals surface area contributed by atoms with Gasteiger partial charge in [-0.1, -0.05) is 25.1 Å². The minimum absolute atomic E-state index is 0.0708. The lowest BCUT2D eigenvalue weighted by molar-refractivity contribution is -0.00833. The van der Waals surface area contributed by atoms with Crippen molar-refractivity contribution < 1.29 is 37.3 Å². The molecule has 0 aliphatic carbocycles. The number of anilines is 2. The highest BCUT2D eigenvalue weighted by Crippen LogP contribution is 2.29. The van der Waals surface area contributed by atoms with Crippen LogP contribution in [0.25, 0.3) is 0 Å². The molecule has 3 N–H and O–H groups in total. The van der Waals surface area contributed by atoms with E-state index in [1.54, 1.807) is 91.7 Å². The van der Waals surface area contributed by atoms with Crippen LogP contribution in [0.3, 0.4) is 0 Å². The standard InChI is InChI=1S/C36H48N4O8S/c1-25-22-40(26(2)24-41)35(42)32-21-29(38-36(43)37-28-14-17-30(46-5)18-15-28)16-19-33(32)48-27(3)11-9-10-20-47-34(25)23-39(4)49(44,45)31-12-7-6-8-13-31/h6-8,12-19,21,25-27,34,41H,9-11,20,22-24H2,1-5H3,(H2,37,38,43)/t25-,26+,27-,34+/m0/s1. The number of sulfonamides is 1. The highest BCUT2D eigenvalue weighted by Gasteiger charge is 2.32. The van der Waals surface area contributed by atoms with Gasteiger partial charge in [-0.05, 0) is 87.7 Å². The van der Waals surface area contributed by atoms with Gasteiger partial charge in [-0.15, -0.1) is 0 Å². The van der Waals surface area contributed by atoms with Gasteiger partial charge >= 0.3 is 6.03 Å². The minimum atomic E-state index is -3.78. The number of likely N-dealkylation sites (N-methyl/N-ethyl adjacent to an activating group) is 1. The van der Waals surface area contributed by atoms with Crippen LogP contribution < -0.4 is 20.1 Å². The Morgan fingerprint density at radius 3 is 2.39 bits per heavy atom. The van der Waals surface area contributed by atoms with E-state index in [2.05, 4.69) is 10.6 Å². The van der Waals surface area contributed by atoms with Crippen molar-refractivity contribution in [3.63, 3.8) is 0 Å². The second kappa shape index (κ2) is 17.5. The zero-order chi connectivity index (χ0) is 35.6. The van der Waals surface area contributed by atoms with Gasteiger partial charge in [-0.2, -0.15) is 4.31 Å². The lowest BCUT2D eigenvalue weighted by Crippen LogP contribution is -2.48. The summed E-state index contributed by atoms with van der Waals surface area (Å²) in [5.41, 5.74) is 1.15. The third-order valence-electron chi connectivity index (χ3n) is 8.55. The Kier molecular flexibility index (Phi) is 13.4. The lowest BCUT2D eigenvalue weighted by Gasteiger charge is -2.35. The predicted molar refractivity (Wildman–Crippen MR) is 189 cm³/mol. The number of amides is 3. The Morgan fingerprint density at radius 2 is 1.71 bits per heavy atom. The van der Waals surface area contributed by atoms with Crippen molar-refractivity contribution in [2.45, 2.75) is 63.2 Å². The molecule has 0 aromatic heterocycles. The van der Waals surface area contributed by atoms with Gasteiger partial charge in [0, 0.05) is 44.0 Å². The van der Waals surface area contributed by atoms with Gasteiger partial charge in [-0.25, -0.2) is 13.2 Å². The van der Waals surface area contributed by atoms with Gasteiger partial charge in [0.1, 0.15) is 11.5 Å². The first kappa shape index (κ1) is 37.6. The molecule has 3 amide bonds. The monoisotopic (exact) mass is 696 g/mol. The van der Waals surface area contributed by atoms with Crippen LogP contribution >= 0.6 is 0 Å². The fourth-order valence-corrected chi connectivity index (χ4v) is 6.76. The molecule has 0 bridgehead atoms. The highest BCUT2D eigenvalue weighted by molar-refractivity contribution is 7.89. The van der Waals surface area contributed by atoms with E-state index in [9.17, 15) is 23.1 Å². The van der Waals surface area contributed by atoms with Crippen LogP contribution in [-0.2, 0) is 14.8 Å². The number of rotatable bonds is 9. The van der Waals surface area contributed by atoms with Gasteiger partial charge in [-0.3, -0.25) is 4.79 Å². The summed E-state index contributed by atoms with van der Waals surface area (Å²) in [6.07, 6.45) is 1.45. The predicted octanol–water partition coefficient (Wildman–Crippen LogP) is 5.46. The maximum atomic E-state index is 14.4. The maximum absolute atomic E-state index is 14.4. The van der Waals surface area contributed by atoms with Crippen molar-refractivity contribution in [2.24, 2.45) is 5.92 Å². The number of nitrogens with one attached hydrogen (secondary N) is 2. The van der Waals surface area contributed by atoms with Crippen molar-refractivity contribution in [2.75, 3.05) is 51.1 Å². The fourth-order valence-electron chi connectivity index (χ4n) is 5.55. The number of ether oxygens (including phenoxy) is 3. The maximum Gasteiger partial charge on any atom is 0.323 e. The number of aliphatic hydroxyl groups excluding tert-OH is 1. The molecule has 1 heterocycles. The number of aliphatic hydroxyl groups is 1.